The normalized spacial score (nSPS) is 16.1. The van der Waals surface area contributed by atoms with Crippen LogP contribution in [0, 0.1) is 5.82 Å². The average molecular weight is 501 g/mol. The molecule has 1 unspecified atom stereocenters. The summed E-state index contributed by atoms with van der Waals surface area (Å²) < 4.78 is 20.3. The lowest BCUT2D eigenvalue weighted by atomic mass is 10.0. The number of nitrogens with one attached hydrogen (secondary N) is 3. The van der Waals surface area contributed by atoms with Crippen LogP contribution in [0.5, 0.6) is 0 Å². The van der Waals surface area contributed by atoms with Gasteiger partial charge in [-0.1, -0.05) is 42.5 Å². The Balaban J connectivity index is 1.22. The van der Waals surface area contributed by atoms with Gasteiger partial charge in [0, 0.05) is 42.2 Å². The van der Waals surface area contributed by atoms with Crippen molar-refractivity contribution in [3.8, 4) is 11.1 Å². The third-order valence-corrected chi connectivity index (χ3v) is 6.68. The van der Waals surface area contributed by atoms with E-state index in [2.05, 4.69) is 34.7 Å². The summed E-state index contributed by atoms with van der Waals surface area (Å²) in [5.41, 5.74) is 5.07. The number of ether oxygens (including phenoxy) is 1. The molecule has 3 aromatic carbocycles. The van der Waals surface area contributed by atoms with Crippen LogP contribution < -0.4 is 15.5 Å². The van der Waals surface area contributed by atoms with Gasteiger partial charge in [-0.25, -0.2) is 9.18 Å². The number of carbonyl (C=O) groups excluding carboxylic acids is 2. The molecule has 2 heterocycles. The molecule has 1 aliphatic rings. The molecule has 0 saturated carbocycles. The fraction of sp³-hybridized carbons (Fsp3) is 0.241. The van der Waals surface area contributed by atoms with E-state index in [0.29, 0.717) is 17.8 Å². The quantitative estimate of drug-likeness (QED) is 0.307. The zero-order valence-corrected chi connectivity index (χ0v) is 20.8. The molecule has 3 N–H and O–H groups in total. The van der Waals surface area contributed by atoms with Crippen molar-refractivity contribution in [1.29, 1.82) is 0 Å². The lowest BCUT2D eigenvalue weighted by molar-refractivity contribution is -0.119. The molecule has 0 aliphatic carbocycles. The van der Waals surface area contributed by atoms with Gasteiger partial charge in [0.05, 0.1) is 18.8 Å². The van der Waals surface area contributed by atoms with Gasteiger partial charge in [0.2, 0.25) is 5.91 Å². The van der Waals surface area contributed by atoms with Crippen molar-refractivity contribution in [2.24, 2.45) is 0 Å². The molecule has 8 heteroatoms. The Kier molecular flexibility index (Phi) is 6.92. The van der Waals surface area contributed by atoms with Gasteiger partial charge in [-0.3, -0.25) is 9.69 Å². The van der Waals surface area contributed by atoms with Gasteiger partial charge in [0.15, 0.2) is 0 Å². The molecule has 0 bridgehead atoms. The molecule has 4 aromatic rings. The number of hydrogen-bond donors (Lipinski definition) is 3. The summed E-state index contributed by atoms with van der Waals surface area (Å²) in [5, 5.41) is 7.40. The first-order chi connectivity index (χ1) is 17.9. The number of rotatable bonds is 8. The predicted octanol–water partition coefficient (Wildman–Crippen LogP) is 5.29. The second kappa shape index (κ2) is 10.4. The third-order valence-electron chi connectivity index (χ3n) is 6.68. The first kappa shape index (κ1) is 24.5. The zero-order valence-electron chi connectivity index (χ0n) is 20.8. The molecular formula is C29H29FN4O3. The number of para-hydroxylation sites is 1. The summed E-state index contributed by atoms with van der Waals surface area (Å²) in [4.78, 5) is 28.0. The molecule has 2 amide bonds. The molecule has 7 nitrogen and oxygen atoms in total. The van der Waals surface area contributed by atoms with Crippen LogP contribution in [0.25, 0.3) is 22.0 Å². The standard InChI is InChI=1S/C29H29FN4O3/c1-18(26-16-33-28-6-4-3-5-25(26)28)31-14-20-7-9-21(10-8-20)24-12-11-22(13-27(24)30)34-17-23(37-29(34)36)15-32-19(2)35/h3-13,16,18,23,31,33H,14-15,17H2,1-2H3,(H,32,35)/t18?,23-/m0/s1. The van der Waals surface area contributed by atoms with Crippen molar-refractivity contribution in [3.63, 3.8) is 0 Å². The van der Waals surface area contributed by atoms with Gasteiger partial charge in [-0.15, -0.1) is 0 Å². The summed E-state index contributed by atoms with van der Waals surface area (Å²) in [7, 11) is 0. The first-order valence-corrected chi connectivity index (χ1v) is 12.3. The van der Waals surface area contributed by atoms with Crippen molar-refractivity contribution in [2.75, 3.05) is 18.0 Å². The Labute approximate surface area is 214 Å². The van der Waals surface area contributed by atoms with E-state index in [4.69, 9.17) is 4.74 Å². The molecule has 0 spiro atoms. The highest BCUT2D eigenvalue weighted by Crippen LogP contribution is 2.30. The maximum Gasteiger partial charge on any atom is 0.414 e. The number of amides is 2. The number of hydrogen-bond acceptors (Lipinski definition) is 4. The summed E-state index contributed by atoms with van der Waals surface area (Å²) >= 11 is 0. The van der Waals surface area contributed by atoms with Crippen LogP contribution in [0.3, 0.4) is 0 Å². The highest BCUT2D eigenvalue weighted by atomic mass is 19.1. The predicted molar refractivity (Wildman–Crippen MR) is 142 cm³/mol. The van der Waals surface area contributed by atoms with Gasteiger partial charge in [-0.2, -0.15) is 0 Å². The molecule has 0 radical (unpaired) electrons. The van der Waals surface area contributed by atoms with Gasteiger partial charge >= 0.3 is 6.09 Å². The Morgan fingerprint density at radius 2 is 1.95 bits per heavy atom. The van der Waals surface area contributed by atoms with Crippen LogP contribution in [0.4, 0.5) is 14.9 Å². The zero-order chi connectivity index (χ0) is 25.9. The maximum atomic E-state index is 15.1. The fourth-order valence-corrected chi connectivity index (χ4v) is 4.64. The van der Waals surface area contributed by atoms with Gasteiger partial charge in [-0.05, 0) is 47.9 Å². The minimum Gasteiger partial charge on any atom is -0.442 e. The summed E-state index contributed by atoms with van der Waals surface area (Å²) in [6.07, 6.45) is 1.02. The Hall–Kier alpha value is -4.17. The second-order valence-electron chi connectivity index (χ2n) is 9.31. The van der Waals surface area contributed by atoms with Crippen molar-refractivity contribution < 1.29 is 18.7 Å². The molecule has 37 heavy (non-hydrogen) atoms. The summed E-state index contributed by atoms with van der Waals surface area (Å²) in [5.74, 6) is -0.620. The number of aromatic nitrogens is 1. The minimum absolute atomic E-state index is 0.163. The summed E-state index contributed by atoms with van der Waals surface area (Å²) in [6, 6.07) is 20.9. The number of cyclic esters (lactones) is 1. The topological polar surface area (TPSA) is 86.5 Å². The number of H-pyrrole nitrogens is 1. The second-order valence-corrected chi connectivity index (χ2v) is 9.31. The SMILES string of the molecule is CC(=O)NC[C@H]1CN(c2ccc(-c3ccc(CNC(C)c4c[nH]c5ccccc45)cc3)c(F)c2)C(=O)O1. The van der Waals surface area contributed by atoms with E-state index >= 15 is 4.39 Å². The number of aromatic amines is 1. The Morgan fingerprint density at radius 1 is 1.16 bits per heavy atom. The van der Waals surface area contributed by atoms with E-state index < -0.39 is 18.0 Å². The number of fused-ring (bicyclic) bond motifs is 1. The minimum atomic E-state index is -0.554. The van der Waals surface area contributed by atoms with E-state index in [9.17, 15) is 9.59 Å². The highest BCUT2D eigenvalue weighted by molar-refractivity contribution is 5.90. The monoisotopic (exact) mass is 500 g/mol. The largest absolute Gasteiger partial charge is 0.442 e. The van der Waals surface area contributed by atoms with Gasteiger partial charge in [0.1, 0.15) is 11.9 Å². The van der Waals surface area contributed by atoms with Crippen LogP contribution in [-0.4, -0.2) is 36.2 Å². The molecule has 2 atom stereocenters. The molecule has 1 aromatic heterocycles. The van der Waals surface area contributed by atoms with E-state index in [1.807, 2.05) is 42.6 Å². The Bertz CT molecular complexity index is 1430. The van der Waals surface area contributed by atoms with E-state index in [0.717, 1.165) is 16.6 Å². The Morgan fingerprint density at radius 3 is 2.70 bits per heavy atom. The number of anilines is 1. The van der Waals surface area contributed by atoms with Crippen molar-refractivity contribution >= 4 is 28.6 Å². The van der Waals surface area contributed by atoms with Crippen LogP contribution in [0.2, 0.25) is 0 Å². The molecule has 1 aliphatic heterocycles. The molecule has 1 saturated heterocycles. The van der Waals surface area contributed by atoms with E-state index in [1.165, 1.54) is 28.8 Å². The smallest absolute Gasteiger partial charge is 0.414 e. The van der Waals surface area contributed by atoms with E-state index in [-0.39, 0.29) is 25.0 Å². The number of carbonyl (C=O) groups is 2. The first-order valence-electron chi connectivity index (χ1n) is 12.3. The molecule has 1 fully saturated rings. The number of benzene rings is 3. The van der Waals surface area contributed by atoms with Crippen molar-refractivity contribution in [1.82, 2.24) is 15.6 Å². The molecule has 5 rings (SSSR count). The van der Waals surface area contributed by atoms with Crippen molar-refractivity contribution in [3.05, 3.63) is 89.9 Å². The van der Waals surface area contributed by atoms with Crippen molar-refractivity contribution in [2.45, 2.75) is 32.5 Å². The summed E-state index contributed by atoms with van der Waals surface area (Å²) in [6.45, 7) is 4.69. The van der Waals surface area contributed by atoms with Gasteiger partial charge < -0.3 is 20.4 Å². The lowest BCUT2D eigenvalue weighted by Crippen LogP contribution is -2.33. The fourth-order valence-electron chi connectivity index (χ4n) is 4.64. The van der Waals surface area contributed by atoms with Crippen LogP contribution in [-0.2, 0) is 16.1 Å². The highest BCUT2D eigenvalue weighted by Gasteiger charge is 2.32. The van der Waals surface area contributed by atoms with Crippen LogP contribution in [0.1, 0.15) is 31.0 Å². The molecular weight excluding hydrogens is 471 g/mol. The van der Waals surface area contributed by atoms with E-state index in [1.54, 1.807) is 12.1 Å². The third kappa shape index (κ3) is 5.34. The molecule has 190 valence electrons. The van der Waals surface area contributed by atoms with Crippen LogP contribution in [0.15, 0.2) is 72.9 Å². The van der Waals surface area contributed by atoms with Crippen LogP contribution >= 0.6 is 0 Å². The number of nitrogens with zero attached hydrogens (tertiary/aromatic N) is 1. The van der Waals surface area contributed by atoms with Gasteiger partial charge in [0.25, 0.3) is 0 Å². The maximum absolute atomic E-state index is 15.1. The number of halogens is 1. The lowest BCUT2D eigenvalue weighted by Gasteiger charge is -2.15. The average Bonchev–Trinajstić information content (AvgIpc) is 3.50.